The molecule has 0 aliphatic heterocycles. The van der Waals surface area contributed by atoms with Gasteiger partial charge in [-0.15, -0.1) is 0 Å². The Labute approximate surface area is 147 Å². The van der Waals surface area contributed by atoms with Crippen molar-refractivity contribution in [2.75, 3.05) is 5.75 Å². The summed E-state index contributed by atoms with van der Waals surface area (Å²) in [5.74, 6) is -0.811. The van der Waals surface area contributed by atoms with Crippen LogP contribution in [0.25, 0.3) is 0 Å². The largest absolute Gasteiger partial charge is 1.00 e. The molecular formula is C12H16NNaO4S2. The van der Waals surface area contributed by atoms with Gasteiger partial charge < -0.3 is 5.11 Å². The maximum Gasteiger partial charge on any atom is 1.00 e. The van der Waals surface area contributed by atoms with Gasteiger partial charge in [0, 0.05) is 0 Å². The molecule has 1 aromatic carbocycles. The quantitative estimate of drug-likeness (QED) is 0.204. The van der Waals surface area contributed by atoms with Crippen LogP contribution in [0.1, 0.15) is 12.5 Å². The number of benzene rings is 1. The van der Waals surface area contributed by atoms with Crippen molar-refractivity contribution in [3.05, 3.63) is 35.9 Å². The van der Waals surface area contributed by atoms with Gasteiger partial charge in [0.15, 0.2) is 5.37 Å². The molecule has 8 heteroatoms. The molecule has 1 rings (SSSR count). The minimum absolute atomic E-state index is 0. The molecule has 0 aliphatic carbocycles. The predicted molar refractivity (Wildman–Crippen MR) is 75.9 cm³/mol. The molecule has 0 heterocycles. The minimum atomic E-state index is -4.32. The van der Waals surface area contributed by atoms with E-state index in [1.807, 2.05) is 30.3 Å². The Kier molecular flexibility index (Phi) is 9.04. The monoisotopic (exact) mass is 325 g/mol. The van der Waals surface area contributed by atoms with Crippen LogP contribution in [-0.2, 0) is 16.5 Å². The van der Waals surface area contributed by atoms with Gasteiger partial charge in [0.2, 0.25) is 0 Å². The zero-order valence-corrected chi connectivity index (χ0v) is 15.1. The third kappa shape index (κ3) is 6.60. The number of hydrogen-bond donors (Lipinski definition) is 2. The summed E-state index contributed by atoms with van der Waals surface area (Å²) < 4.78 is 30.4. The summed E-state index contributed by atoms with van der Waals surface area (Å²) in [6, 6.07) is 9.32. The number of nitrogens with zero attached hydrogens (tertiary/aromatic N) is 1. The molecule has 0 saturated carbocycles. The van der Waals surface area contributed by atoms with E-state index in [-0.39, 0.29) is 35.3 Å². The first-order chi connectivity index (χ1) is 8.84. The first-order valence-electron chi connectivity index (χ1n) is 5.70. The van der Waals surface area contributed by atoms with E-state index in [1.165, 1.54) is 0 Å². The van der Waals surface area contributed by atoms with E-state index in [4.69, 9.17) is 4.55 Å². The fourth-order valence-corrected chi connectivity index (χ4v) is 2.00. The van der Waals surface area contributed by atoms with E-state index in [0.29, 0.717) is 6.42 Å². The fourth-order valence-electron chi connectivity index (χ4n) is 1.48. The van der Waals surface area contributed by atoms with Gasteiger partial charge in [-0.3, -0.25) is 9.55 Å². The van der Waals surface area contributed by atoms with Gasteiger partial charge in [-0.1, -0.05) is 30.3 Å². The molecule has 0 fully saturated rings. The Morgan fingerprint density at radius 2 is 1.95 bits per heavy atom. The fraction of sp³-hybridized carbons (Fsp3) is 0.417. The molecule has 5 nitrogen and oxygen atoms in total. The van der Waals surface area contributed by atoms with Gasteiger partial charge in [-0.2, -0.15) is 21.0 Å². The van der Waals surface area contributed by atoms with Crippen molar-refractivity contribution in [1.29, 1.82) is 0 Å². The second-order valence-corrected chi connectivity index (χ2v) is 6.23. The Bertz CT molecular complexity index is 534. The molecule has 0 radical (unpaired) electrons. The number of hydrogen-bond acceptors (Lipinski definition) is 5. The molecule has 0 aromatic heterocycles. The van der Waals surface area contributed by atoms with Gasteiger partial charge in [-0.25, -0.2) is 0 Å². The van der Waals surface area contributed by atoms with Crippen LogP contribution in [0.2, 0.25) is 0 Å². The van der Waals surface area contributed by atoms with E-state index < -0.39 is 27.3 Å². The standard InChI is InChI=1S/C12H17NO4S2.Na/c1-9(19(15,16)17)13-12(14)11(8-18)7-10-5-3-2-4-6-10;/h2-6,9,11,18H,7-8H2,1H3,(H,13,14)(H,15,16,17);/q;+1/p-1. The summed E-state index contributed by atoms with van der Waals surface area (Å²) in [6.07, 6.45) is 0.435. The van der Waals surface area contributed by atoms with Gasteiger partial charge in [0.25, 0.3) is 10.1 Å². The van der Waals surface area contributed by atoms with Crippen molar-refractivity contribution >= 4 is 28.6 Å². The molecule has 2 atom stereocenters. The second kappa shape index (κ2) is 9.07. The summed E-state index contributed by atoms with van der Waals surface area (Å²) in [4.78, 5) is 3.49. The van der Waals surface area contributed by atoms with Crippen LogP contribution in [-0.4, -0.2) is 30.0 Å². The summed E-state index contributed by atoms with van der Waals surface area (Å²) in [7, 11) is -4.32. The van der Waals surface area contributed by atoms with Gasteiger partial charge >= 0.3 is 29.6 Å². The van der Waals surface area contributed by atoms with E-state index >= 15 is 0 Å². The maximum atomic E-state index is 11.8. The number of rotatable bonds is 6. The van der Waals surface area contributed by atoms with Crippen LogP contribution in [0.15, 0.2) is 35.3 Å². The Morgan fingerprint density at radius 3 is 2.40 bits per heavy atom. The van der Waals surface area contributed by atoms with E-state index in [1.54, 1.807) is 0 Å². The van der Waals surface area contributed by atoms with Crippen molar-refractivity contribution in [2.24, 2.45) is 10.9 Å². The molecular weight excluding hydrogens is 309 g/mol. The Morgan fingerprint density at radius 1 is 1.40 bits per heavy atom. The molecule has 2 unspecified atom stereocenters. The molecule has 1 aromatic rings. The first-order valence-corrected chi connectivity index (χ1v) is 7.84. The van der Waals surface area contributed by atoms with Gasteiger partial charge in [0.05, 0.1) is 0 Å². The first kappa shape index (κ1) is 19.9. The van der Waals surface area contributed by atoms with Crippen molar-refractivity contribution in [3.63, 3.8) is 0 Å². The molecule has 20 heavy (non-hydrogen) atoms. The van der Waals surface area contributed by atoms with Crippen LogP contribution >= 0.6 is 12.6 Å². The summed E-state index contributed by atoms with van der Waals surface area (Å²) in [5, 5.41) is 10.4. The van der Waals surface area contributed by atoms with Crippen molar-refractivity contribution < 1.29 is 47.6 Å². The molecule has 106 valence electrons. The number of thiol groups is 1. The predicted octanol–water partition coefficient (Wildman–Crippen LogP) is -2.23. The topological polar surface area (TPSA) is 89.8 Å². The Balaban J connectivity index is 0.00000361. The number of aliphatic imine (C=N–C) groups is 1. The SMILES string of the molecule is CC(N=C([O-])C(CS)Cc1ccccc1)S(=O)(=O)O.[Na+]. The maximum absolute atomic E-state index is 11.8. The van der Waals surface area contributed by atoms with Crippen LogP contribution < -0.4 is 34.7 Å². The van der Waals surface area contributed by atoms with Crippen molar-refractivity contribution in [2.45, 2.75) is 18.7 Å². The van der Waals surface area contributed by atoms with Crippen molar-refractivity contribution in [3.8, 4) is 0 Å². The molecule has 0 saturated heterocycles. The van der Waals surface area contributed by atoms with Crippen LogP contribution in [0.4, 0.5) is 0 Å². The third-order valence-electron chi connectivity index (χ3n) is 2.63. The van der Waals surface area contributed by atoms with E-state index in [0.717, 1.165) is 12.5 Å². The molecule has 0 aliphatic rings. The Hall–Kier alpha value is -0.0500. The van der Waals surface area contributed by atoms with Crippen LogP contribution in [0.5, 0.6) is 0 Å². The second-order valence-electron chi connectivity index (χ2n) is 4.15. The van der Waals surface area contributed by atoms with Crippen LogP contribution in [0, 0.1) is 5.92 Å². The average molecular weight is 325 g/mol. The average Bonchev–Trinajstić information content (AvgIpc) is 2.35. The summed E-state index contributed by atoms with van der Waals surface area (Å²) in [6.45, 7) is 1.16. The van der Waals surface area contributed by atoms with E-state index in [2.05, 4.69) is 17.6 Å². The van der Waals surface area contributed by atoms with Gasteiger partial charge in [-0.05, 0) is 36.5 Å². The zero-order chi connectivity index (χ0) is 14.5. The zero-order valence-electron chi connectivity index (χ0n) is 11.4. The minimum Gasteiger partial charge on any atom is -0.862 e. The molecule has 1 N–H and O–H groups in total. The third-order valence-corrected chi connectivity index (χ3v) is 4.04. The summed E-state index contributed by atoms with van der Waals surface area (Å²) in [5.41, 5.74) is 0.949. The normalized spacial score (nSPS) is 15.2. The molecule has 0 bridgehead atoms. The van der Waals surface area contributed by atoms with Gasteiger partial charge in [0.1, 0.15) is 0 Å². The smallest absolute Gasteiger partial charge is 0.862 e. The molecule has 0 amide bonds. The molecule has 0 spiro atoms. The summed E-state index contributed by atoms with van der Waals surface area (Å²) >= 11 is 4.09. The van der Waals surface area contributed by atoms with Crippen molar-refractivity contribution in [1.82, 2.24) is 0 Å². The van der Waals surface area contributed by atoms with Crippen LogP contribution in [0.3, 0.4) is 0 Å². The van der Waals surface area contributed by atoms with E-state index in [9.17, 15) is 13.5 Å².